The van der Waals surface area contributed by atoms with Crippen LogP contribution in [0, 0.1) is 0 Å². The summed E-state index contributed by atoms with van der Waals surface area (Å²) >= 11 is 10.1. The highest BCUT2D eigenvalue weighted by Crippen LogP contribution is 2.23. The molecule has 0 saturated heterocycles. The molecule has 2 aromatic rings. The number of fused-ring (bicyclic) bond motifs is 1. The van der Waals surface area contributed by atoms with Gasteiger partial charge in [-0.25, -0.2) is 0 Å². The minimum absolute atomic E-state index is 0.736. The molecular formula is C9H8ClNS. The van der Waals surface area contributed by atoms with Crippen molar-refractivity contribution in [2.45, 2.75) is 5.75 Å². The normalized spacial score (nSPS) is 10.8. The van der Waals surface area contributed by atoms with Crippen LogP contribution in [0.4, 0.5) is 0 Å². The molecule has 0 aliphatic rings. The van der Waals surface area contributed by atoms with Crippen molar-refractivity contribution in [1.82, 2.24) is 4.98 Å². The molecule has 0 bridgehead atoms. The average Bonchev–Trinajstić information content (AvgIpc) is 2.46. The number of aromatic amines is 1. The van der Waals surface area contributed by atoms with Gasteiger partial charge in [-0.15, -0.1) is 0 Å². The Hall–Kier alpha value is -0.600. The van der Waals surface area contributed by atoms with E-state index in [9.17, 15) is 0 Å². The van der Waals surface area contributed by atoms with Crippen LogP contribution in [0.2, 0.25) is 5.02 Å². The van der Waals surface area contributed by atoms with E-state index < -0.39 is 0 Å². The zero-order valence-electron chi connectivity index (χ0n) is 6.34. The molecule has 0 amide bonds. The first-order valence-electron chi connectivity index (χ1n) is 3.67. The van der Waals surface area contributed by atoms with Crippen LogP contribution in [0.25, 0.3) is 10.9 Å². The quantitative estimate of drug-likeness (QED) is 0.653. The van der Waals surface area contributed by atoms with Crippen LogP contribution in [-0.2, 0) is 5.75 Å². The summed E-state index contributed by atoms with van der Waals surface area (Å²) in [5.41, 5.74) is 2.30. The number of H-pyrrole nitrogens is 1. The Kier molecular flexibility index (Phi) is 2.03. The molecule has 12 heavy (non-hydrogen) atoms. The SMILES string of the molecule is SCc1c[nH]c2ccc(Cl)cc12. The number of rotatable bonds is 1. The maximum absolute atomic E-state index is 5.87. The number of hydrogen-bond donors (Lipinski definition) is 2. The lowest BCUT2D eigenvalue weighted by Gasteiger charge is -1.93. The minimum atomic E-state index is 0.736. The van der Waals surface area contributed by atoms with Crippen LogP contribution in [0.3, 0.4) is 0 Å². The van der Waals surface area contributed by atoms with Crippen LogP contribution >= 0.6 is 24.2 Å². The monoisotopic (exact) mass is 197 g/mol. The maximum Gasteiger partial charge on any atom is 0.0458 e. The Bertz CT molecular complexity index is 408. The Morgan fingerprint density at radius 2 is 2.25 bits per heavy atom. The fraction of sp³-hybridized carbons (Fsp3) is 0.111. The van der Waals surface area contributed by atoms with Crippen molar-refractivity contribution in [3.63, 3.8) is 0 Å². The lowest BCUT2D eigenvalue weighted by molar-refractivity contribution is 1.41. The number of benzene rings is 1. The highest BCUT2D eigenvalue weighted by molar-refractivity contribution is 7.79. The molecule has 0 aliphatic carbocycles. The third-order valence-corrected chi connectivity index (χ3v) is 2.48. The zero-order valence-corrected chi connectivity index (χ0v) is 7.99. The molecule has 1 N–H and O–H groups in total. The first-order valence-corrected chi connectivity index (χ1v) is 4.68. The number of thiol groups is 1. The number of hydrogen-bond acceptors (Lipinski definition) is 1. The fourth-order valence-electron chi connectivity index (χ4n) is 1.28. The lowest BCUT2D eigenvalue weighted by atomic mass is 10.2. The first-order chi connectivity index (χ1) is 5.81. The number of aromatic nitrogens is 1. The van der Waals surface area contributed by atoms with Crippen LogP contribution in [0.5, 0.6) is 0 Å². The molecule has 1 heterocycles. The molecule has 0 radical (unpaired) electrons. The molecule has 2 rings (SSSR count). The number of nitrogens with one attached hydrogen (secondary N) is 1. The molecule has 1 aromatic carbocycles. The fourth-order valence-corrected chi connectivity index (χ4v) is 1.72. The van der Waals surface area contributed by atoms with Crippen LogP contribution in [0.15, 0.2) is 24.4 Å². The van der Waals surface area contributed by atoms with Gasteiger partial charge in [-0.1, -0.05) is 11.6 Å². The lowest BCUT2D eigenvalue weighted by Crippen LogP contribution is -1.72. The molecule has 1 aromatic heterocycles. The topological polar surface area (TPSA) is 15.8 Å². The van der Waals surface area contributed by atoms with Crippen LogP contribution in [0.1, 0.15) is 5.56 Å². The summed E-state index contributed by atoms with van der Waals surface area (Å²) in [4.78, 5) is 3.16. The van der Waals surface area contributed by atoms with E-state index in [1.54, 1.807) is 0 Å². The zero-order chi connectivity index (χ0) is 8.55. The van der Waals surface area contributed by atoms with E-state index in [0.29, 0.717) is 0 Å². The Balaban J connectivity index is 2.75. The third-order valence-electron chi connectivity index (χ3n) is 1.90. The van der Waals surface area contributed by atoms with E-state index in [2.05, 4.69) is 17.6 Å². The van der Waals surface area contributed by atoms with E-state index in [0.717, 1.165) is 21.7 Å². The number of halogens is 1. The largest absolute Gasteiger partial charge is 0.361 e. The van der Waals surface area contributed by atoms with E-state index in [1.165, 1.54) is 5.56 Å². The van der Waals surface area contributed by atoms with E-state index in [1.807, 2.05) is 24.4 Å². The second-order valence-electron chi connectivity index (χ2n) is 2.66. The molecule has 62 valence electrons. The Morgan fingerprint density at radius 1 is 1.42 bits per heavy atom. The van der Waals surface area contributed by atoms with Gasteiger partial charge >= 0.3 is 0 Å². The van der Waals surface area contributed by atoms with Crippen molar-refractivity contribution in [3.05, 3.63) is 35.0 Å². The van der Waals surface area contributed by atoms with Crippen molar-refractivity contribution in [3.8, 4) is 0 Å². The molecule has 1 nitrogen and oxygen atoms in total. The van der Waals surface area contributed by atoms with Gasteiger partial charge in [0, 0.05) is 27.9 Å². The van der Waals surface area contributed by atoms with Gasteiger partial charge in [-0.3, -0.25) is 0 Å². The summed E-state index contributed by atoms with van der Waals surface area (Å²) in [5.74, 6) is 0.736. The Labute approximate surface area is 81.1 Å². The second-order valence-corrected chi connectivity index (χ2v) is 3.41. The molecule has 3 heteroatoms. The summed E-state index contributed by atoms with van der Waals surface area (Å²) in [6.07, 6.45) is 1.97. The van der Waals surface area contributed by atoms with Gasteiger partial charge in [-0.2, -0.15) is 12.6 Å². The van der Waals surface area contributed by atoms with Gasteiger partial charge in [0.1, 0.15) is 0 Å². The van der Waals surface area contributed by atoms with Gasteiger partial charge < -0.3 is 4.98 Å². The molecule has 0 saturated carbocycles. The molecule has 0 atom stereocenters. The molecule has 0 fully saturated rings. The van der Waals surface area contributed by atoms with Crippen molar-refractivity contribution in [1.29, 1.82) is 0 Å². The Morgan fingerprint density at radius 3 is 3.00 bits per heavy atom. The van der Waals surface area contributed by atoms with Crippen LogP contribution < -0.4 is 0 Å². The van der Waals surface area contributed by atoms with Gasteiger partial charge in [0.05, 0.1) is 0 Å². The van der Waals surface area contributed by atoms with Crippen molar-refractivity contribution >= 4 is 35.1 Å². The van der Waals surface area contributed by atoms with Crippen molar-refractivity contribution in [2.24, 2.45) is 0 Å². The summed E-state index contributed by atoms with van der Waals surface area (Å²) in [7, 11) is 0. The molecule has 0 aliphatic heterocycles. The third kappa shape index (κ3) is 1.21. The van der Waals surface area contributed by atoms with Gasteiger partial charge in [-0.05, 0) is 23.8 Å². The smallest absolute Gasteiger partial charge is 0.0458 e. The minimum Gasteiger partial charge on any atom is -0.361 e. The molecule has 0 unspecified atom stereocenters. The van der Waals surface area contributed by atoms with E-state index >= 15 is 0 Å². The van der Waals surface area contributed by atoms with E-state index in [-0.39, 0.29) is 0 Å². The average molecular weight is 198 g/mol. The second kappa shape index (κ2) is 3.04. The maximum atomic E-state index is 5.87. The standard InChI is InChI=1S/C9H8ClNS/c10-7-1-2-9-8(3-7)6(5-12)4-11-9/h1-4,11-12H,5H2. The predicted molar refractivity (Wildman–Crippen MR) is 56.0 cm³/mol. The van der Waals surface area contributed by atoms with E-state index in [4.69, 9.17) is 11.6 Å². The highest BCUT2D eigenvalue weighted by atomic mass is 35.5. The summed E-state index contributed by atoms with van der Waals surface area (Å²) in [6.45, 7) is 0. The van der Waals surface area contributed by atoms with Crippen molar-refractivity contribution in [2.75, 3.05) is 0 Å². The van der Waals surface area contributed by atoms with Gasteiger partial charge in [0.25, 0.3) is 0 Å². The molecular weight excluding hydrogens is 190 g/mol. The van der Waals surface area contributed by atoms with Gasteiger partial charge in [0.2, 0.25) is 0 Å². The van der Waals surface area contributed by atoms with Crippen molar-refractivity contribution < 1.29 is 0 Å². The first kappa shape index (κ1) is 8.02. The molecule has 0 spiro atoms. The van der Waals surface area contributed by atoms with Crippen LogP contribution in [-0.4, -0.2) is 4.98 Å². The van der Waals surface area contributed by atoms with Gasteiger partial charge in [0.15, 0.2) is 0 Å². The summed E-state index contributed by atoms with van der Waals surface area (Å²) in [6, 6.07) is 5.81. The highest BCUT2D eigenvalue weighted by Gasteiger charge is 2.01. The predicted octanol–water partition coefficient (Wildman–Crippen LogP) is 3.25. The summed E-state index contributed by atoms with van der Waals surface area (Å²) < 4.78 is 0. The summed E-state index contributed by atoms with van der Waals surface area (Å²) in [5, 5.41) is 1.93.